The molecule has 2 nitrogen and oxygen atoms in total. The van der Waals surface area contributed by atoms with Crippen molar-refractivity contribution in [3.8, 4) is 5.75 Å². The Balaban J connectivity index is 2.19. The molecule has 2 atom stereocenters. The molecule has 0 radical (unpaired) electrons. The molecule has 1 saturated carbocycles. The molecule has 0 aliphatic heterocycles. The maximum atomic E-state index is 5.44. The van der Waals surface area contributed by atoms with Crippen molar-refractivity contribution >= 4 is 0 Å². The largest absolute Gasteiger partial charge is 0.496 e. The van der Waals surface area contributed by atoms with Crippen LogP contribution in [0.3, 0.4) is 0 Å². The summed E-state index contributed by atoms with van der Waals surface area (Å²) in [4.78, 5) is 0. The number of rotatable bonds is 5. The van der Waals surface area contributed by atoms with Gasteiger partial charge in [0.25, 0.3) is 0 Å². The fraction of sp³-hybridized carbons (Fsp3) is 0.667. The van der Waals surface area contributed by atoms with Crippen molar-refractivity contribution in [2.75, 3.05) is 13.7 Å². The van der Waals surface area contributed by atoms with E-state index in [9.17, 15) is 0 Å². The topological polar surface area (TPSA) is 21.3 Å². The van der Waals surface area contributed by atoms with Gasteiger partial charge in [-0.15, -0.1) is 0 Å². The number of hydrogen-bond acceptors (Lipinski definition) is 2. The Kier molecular flexibility index (Phi) is 5.09. The lowest BCUT2D eigenvalue weighted by molar-refractivity contribution is 0.408. The number of methoxy groups -OCH3 is 1. The van der Waals surface area contributed by atoms with Crippen molar-refractivity contribution in [2.45, 2.75) is 58.9 Å². The van der Waals surface area contributed by atoms with Crippen molar-refractivity contribution in [2.24, 2.45) is 5.92 Å². The summed E-state index contributed by atoms with van der Waals surface area (Å²) in [7, 11) is 1.76. The van der Waals surface area contributed by atoms with Crippen LogP contribution in [0.4, 0.5) is 0 Å². The van der Waals surface area contributed by atoms with E-state index in [0.717, 1.165) is 18.2 Å². The molecule has 0 heterocycles. The van der Waals surface area contributed by atoms with E-state index in [0.29, 0.717) is 12.0 Å². The summed E-state index contributed by atoms with van der Waals surface area (Å²) in [5, 5.41) is 3.62. The third-order valence-corrected chi connectivity index (χ3v) is 4.63. The van der Waals surface area contributed by atoms with E-state index < -0.39 is 0 Å². The summed E-state index contributed by atoms with van der Waals surface area (Å²) >= 11 is 0. The molecule has 112 valence electrons. The van der Waals surface area contributed by atoms with E-state index in [-0.39, 0.29) is 0 Å². The number of hydrogen-bond donors (Lipinski definition) is 1. The molecule has 1 aromatic rings. The van der Waals surface area contributed by atoms with Gasteiger partial charge < -0.3 is 10.1 Å². The highest BCUT2D eigenvalue weighted by atomic mass is 16.5. The summed E-state index contributed by atoms with van der Waals surface area (Å²) in [6, 6.07) is 5.14. The van der Waals surface area contributed by atoms with E-state index in [1.165, 1.54) is 36.0 Å². The molecule has 0 saturated heterocycles. The van der Waals surface area contributed by atoms with Crippen molar-refractivity contribution in [3.05, 3.63) is 28.8 Å². The number of benzene rings is 1. The highest BCUT2D eigenvalue weighted by Gasteiger charge is 2.29. The Morgan fingerprint density at radius 3 is 2.60 bits per heavy atom. The fourth-order valence-corrected chi connectivity index (χ4v) is 3.51. The van der Waals surface area contributed by atoms with Crippen LogP contribution in [0.1, 0.15) is 55.7 Å². The highest BCUT2D eigenvalue weighted by molar-refractivity contribution is 5.43. The van der Waals surface area contributed by atoms with Crippen LogP contribution in [0.25, 0.3) is 0 Å². The molecule has 0 aromatic heterocycles. The van der Waals surface area contributed by atoms with Crippen molar-refractivity contribution < 1.29 is 4.74 Å². The lowest BCUT2D eigenvalue weighted by atomic mass is 9.85. The normalized spacial score (nSPS) is 22.5. The van der Waals surface area contributed by atoms with Crippen LogP contribution in [-0.4, -0.2) is 19.7 Å². The van der Waals surface area contributed by atoms with Gasteiger partial charge in [0.05, 0.1) is 7.11 Å². The standard InChI is InChI=1S/C18H29NO/c1-12(2)19-11-15-7-6-8-16(15)17-9-14(4)18(20-5)10-13(17)3/h9-10,12,15-16,19H,6-8,11H2,1-5H3. The smallest absolute Gasteiger partial charge is 0.122 e. The molecule has 1 aromatic carbocycles. The first-order valence-corrected chi connectivity index (χ1v) is 7.91. The lowest BCUT2D eigenvalue weighted by Gasteiger charge is -2.24. The molecule has 0 spiro atoms. The Labute approximate surface area is 123 Å². The first kappa shape index (κ1) is 15.4. The van der Waals surface area contributed by atoms with Crippen LogP contribution < -0.4 is 10.1 Å². The Morgan fingerprint density at radius 1 is 1.20 bits per heavy atom. The molecule has 20 heavy (non-hydrogen) atoms. The molecule has 1 fully saturated rings. The molecule has 0 amide bonds. The van der Waals surface area contributed by atoms with E-state index in [1.54, 1.807) is 7.11 Å². The third-order valence-electron chi connectivity index (χ3n) is 4.63. The third kappa shape index (κ3) is 3.35. The zero-order valence-electron chi connectivity index (χ0n) is 13.6. The Morgan fingerprint density at radius 2 is 1.95 bits per heavy atom. The van der Waals surface area contributed by atoms with Crippen LogP contribution in [0.5, 0.6) is 5.75 Å². The minimum atomic E-state index is 0.579. The van der Waals surface area contributed by atoms with Crippen molar-refractivity contribution in [1.82, 2.24) is 5.32 Å². The van der Waals surface area contributed by atoms with Gasteiger partial charge in [0, 0.05) is 6.04 Å². The second-order valence-electron chi connectivity index (χ2n) is 6.54. The Bertz CT molecular complexity index is 453. The molecule has 2 heteroatoms. The SMILES string of the molecule is COc1cc(C)c(C2CCCC2CNC(C)C)cc1C. The predicted octanol–water partition coefficient (Wildman–Crippen LogP) is 4.19. The first-order valence-electron chi connectivity index (χ1n) is 7.91. The van der Waals surface area contributed by atoms with Gasteiger partial charge in [-0.3, -0.25) is 0 Å². The minimum Gasteiger partial charge on any atom is -0.496 e. The number of aryl methyl sites for hydroxylation is 2. The zero-order chi connectivity index (χ0) is 14.7. The van der Waals surface area contributed by atoms with Gasteiger partial charge in [0.2, 0.25) is 0 Å². The maximum absolute atomic E-state index is 5.44. The molecule has 2 unspecified atom stereocenters. The number of nitrogens with one attached hydrogen (secondary N) is 1. The fourth-order valence-electron chi connectivity index (χ4n) is 3.51. The Hall–Kier alpha value is -1.02. The monoisotopic (exact) mass is 275 g/mol. The maximum Gasteiger partial charge on any atom is 0.122 e. The van der Waals surface area contributed by atoms with Gasteiger partial charge in [0.15, 0.2) is 0 Å². The second-order valence-corrected chi connectivity index (χ2v) is 6.54. The molecule has 0 bridgehead atoms. The molecule has 1 N–H and O–H groups in total. The van der Waals surface area contributed by atoms with Gasteiger partial charge >= 0.3 is 0 Å². The van der Waals surface area contributed by atoms with E-state index in [2.05, 4.69) is 45.1 Å². The first-order chi connectivity index (χ1) is 9.52. The van der Waals surface area contributed by atoms with E-state index in [1.807, 2.05) is 0 Å². The molecular weight excluding hydrogens is 246 g/mol. The van der Waals surface area contributed by atoms with E-state index >= 15 is 0 Å². The van der Waals surface area contributed by atoms with E-state index in [4.69, 9.17) is 4.74 Å². The van der Waals surface area contributed by atoms with Crippen LogP contribution in [0.15, 0.2) is 12.1 Å². The van der Waals surface area contributed by atoms with Gasteiger partial charge in [-0.25, -0.2) is 0 Å². The summed E-state index contributed by atoms with van der Waals surface area (Å²) in [6.45, 7) is 9.98. The predicted molar refractivity (Wildman–Crippen MR) is 85.7 cm³/mol. The number of ether oxygens (including phenoxy) is 1. The van der Waals surface area contributed by atoms with Crippen molar-refractivity contribution in [3.63, 3.8) is 0 Å². The molecular formula is C18H29NO. The molecule has 1 aliphatic rings. The second kappa shape index (κ2) is 6.62. The highest BCUT2D eigenvalue weighted by Crippen LogP contribution is 2.41. The zero-order valence-corrected chi connectivity index (χ0v) is 13.6. The molecule has 2 rings (SSSR count). The summed E-state index contributed by atoms with van der Waals surface area (Å²) in [5.41, 5.74) is 4.18. The van der Waals surface area contributed by atoms with Crippen LogP contribution in [-0.2, 0) is 0 Å². The molecule has 1 aliphatic carbocycles. The van der Waals surface area contributed by atoms with Crippen LogP contribution >= 0.6 is 0 Å². The van der Waals surface area contributed by atoms with Crippen LogP contribution in [0.2, 0.25) is 0 Å². The summed E-state index contributed by atoms with van der Waals surface area (Å²) < 4.78 is 5.44. The quantitative estimate of drug-likeness (QED) is 0.870. The minimum absolute atomic E-state index is 0.579. The van der Waals surface area contributed by atoms with Gasteiger partial charge in [0.1, 0.15) is 5.75 Å². The lowest BCUT2D eigenvalue weighted by Crippen LogP contribution is -2.30. The summed E-state index contributed by atoms with van der Waals surface area (Å²) in [5.74, 6) is 2.51. The van der Waals surface area contributed by atoms with Gasteiger partial charge in [-0.05, 0) is 67.8 Å². The average Bonchev–Trinajstić information content (AvgIpc) is 2.86. The summed E-state index contributed by atoms with van der Waals surface area (Å²) in [6.07, 6.45) is 4.05. The van der Waals surface area contributed by atoms with Gasteiger partial charge in [-0.2, -0.15) is 0 Å². The average molecular weight is 275 g/mol. The van der Waals surface area contributed by atoms with Crippen LogP contribution in [0, 0.1) is 19.8 Å². The van der Waals surface area contributed by atoms with Gasteiger partial charge in [-0.1, -0.05) is 26.3 Å². The van der Waals surface area contributed by atoms with Crippen molar-refractivity contribution in [1.29, 1.82) is 0 Å².